The van der Waals surface area contributed by atoms with E-state index in [0.717, 1.165) is 16.6 Å². The second-order valence-electron chi connectivity index (χ2n) is 8.33. The Morgan fingerprint density at radius 1 is 1.05 bits per heavy atom. The fourth-order valence-electron chi connectivity index (χ4n) is 3.78. The van der Waals surface area contributed by atoms with Crippen molar-refractivity contribution >= 4 is 44.6 Å². The molecule has 2 N–H and O–H groups in total. The van der Waals surface area contributed by atoms with E-state index in [1.165, 1.54) is 48.9 Å². The molecule has 3 aromatic carbocycles. The molecule has 0 amide bonds. The molecule has 0 aliphatic heterocycles. The van der Waals surface area contributed by atoms with Crippen molar-refractivity contribution in [3.8, 4) is 22.0 Å². The Morgan fingerprint density at radius 3 is 2.50 bits per heavy atom. The molecule has 2 aromatic heterocycles. The number of benzene rings is 3. The SMILES string of the molecule is COc1ccc(NS(=O)(=O)c2cc([N+](=O)[O-])ccc2N/N=C/c2cn(-c3ccccc3)nc2-c2cccs2)cc1. The second kappa shape index (κ2) is 11.4. The number of hydrogen-bond acceptors (Lipinski definition) is 9. The maximum absolute atomic E-state index is 13.3. The number of hydrazone groups is 1. The summed E-state index contributed by atoms with van der Waals surface area (Å²) in [6.45, 7) is 0. The number of non-ortho nitro benzene ring substituents is 1. The number of nitrogens with one attached hydrogen (secondary N) is 2. The first kappa shape index (κ1) is 26.6. The Hall–Kier alpha value is -5.01. The molecular weight excluding hydrogens is 552 g/mol. The predicted octanol–water partition coefficient (Wildman–Crippen LogP) is 5.76. The molecule has 0 aliphatic carbocycles. The Kier molecular flexibility index (Phi) is 7.57. The molecule has 5 aromatic rings. The van der Waals surface area contributed by atoms with E-state index in [-0.39, 0.29) is 22.0 Å². The van der Waals surface area contributed by atoms with Gasteiger partial charge in [0.25, 0.3) is 15.7 Å². The van der Waals surface area contributed by atoms with Crippen LogP contribution in [-0.2, 0) is 10.0 Å². The third-order valence-electron chi connectivity index (χ3n) is 5.71. The fraction of sp³-hybridized carbons (Fsp3) is 0.0370. The van der Waals surface area contributed by atoms with Gasteiger partial charge in [0, 0.05) is 29.6 Å². The summed E-state index contributed by atoms with van der Waals surface area (Å²) in [5.74, 6) is 0.549. The van der Waals surface area contributed by atoms with Crippen molar-refractivity contribution < 1.29 is 18.1 Å². The molecule has 202 valence electrons. The molecule has 0 bridgehead atoms. The van der Waals surface area contributed by atoms with Gasteiger partial charge in [0.05, 0.1) is 34.5 Å². The van der Waals surface area contributed by atoms with Crippen LogP contribution in [-0.4, -0.2) is 36.4 Å². The standard InChI is InChI=1S/C27H22N6O5S2/c1-38-23-12-9-20(10-13-23)31-40(36,37)26-16-22(33(34)35)11-14-24(26)29-28-17-19-18-32(21-6-3-2-4-7-21)30-27(19)25-8-5-15-39-25/h2-18,29,31H,1H3/b28-17+. The highest BCUT2D eigenvalue weighted by atomic mass is 32.2. The van der Waals surface area contributed by atoms with E-state index in [9.17, 15) is 18.5 Å². The van der Waals surface area contributed by atoms with Crippen LogP contribution in [0.4, 0.5) is 17.1 Å². The number of nitrogens with zero attached hydrogens (tertiary/aromatic N) is 4. The third kappa shape index (κ3) is 5.85. The quantitative estimate of drug-likeness (QED) is 0.123. The second-order valence-corrected chi connectivity index (χ2v) is 10.9. The van der Waals surface area contributed by atoms with Crippen molar-refractivity contribution in [2.24, 2.45) is 5.10 Å². The van der Waals surface area contributed by atoms with Gasteiger partial charge in [0.15, 0.2) is 0 Å². The van der Waals surface area contributed by atoms with Crippen LogP contribution >= 0.6 is 11.3 Å². The molecule has 0 saturated carbocycles. The maximum Gasteiger partial charge on any atom is 0.270 e. The van der Waals surface area contributed by atoms with Crippen LogP contribution in [0.5, 0.6) is 5.75 Å². The molecular formula is C27H22N6O5S2. The highest BCUT2D eigenvalue weighted by molar-refractivity contribution is 7.92. The summed E-state index contributed by atoms with van der Waals surface area (Å²) >= 11 is 1.52. The lowest BCUT2D eigenvalue weighted by Gasteiger charge is -2.12. The van der Waals surface area contributed by atoms with Gasteiger partial charge in [0.2, 0.25) is 0 Å². The first-order valence-electron chi connectivity index (χ1n) is 11.8. The van der Waals surface area contributed by atoms with Gasteiger partial charge in [-0.1, -0.05) is 24.3 Å². The number of hydrogen-bond donors (Lipinski definition) is 2. The Bertz CT molecular complexity index is 1770. The Balaban J connectivity index is 1.47. The van der Waals surface area contributed by atoms with Crippen molar-refractivity contribution in [1.82, 2.24) is 9.78 Å². The first-order valence-corrected chi connectivity index (χ1v) is 14.1. The van der Waals surface area contributed by atoms with Gasteiger partial charge in [-0.2, -0.15) is 10.2 Å². The molecule has 0 spiro atoms. The highest BCUT2D eigenvalue weighted by Gasteiger charge is 2.23. The van der Waals surface area contributed by atoms with Gasteiger partial charge in [-0.05, 0) is 53.9 Å². The van der Waals surface area contributed by atoms with E-state index in [2.05, 4.69) is 15.2 Å². The zero-order valence-electron chi connectivity index (χ0n) is 21.0. The number of aromatic nitrogens is 2. The monoisotopic (exact) mass is 574 g/mol. The van der Waals surface area contributed by atoms with Crippen molar-refractivity contribution in [1.29, 1.82) is 0 Å². The summed E-state index contributed by atoms with van der Waals surface area (Å²) < 4.78 is 35.8. The molecule has 11 nitrogen and oxygen atoms in total. The third-order valence-corrected chi connectivity index (χ3v) is 8.01. The van der Waals surface area contributed by atoms with Crippen molar-refractivity contribution in [2.45, 2.75) is 4.90 Å². The molecule has 13 heteroatoms. The number of anilines is 2. The molecule has 40 heavy (non-hydrogen) atoms. The summed E-state index contributed by atoms with van der Waals surface area (Å²) in [6.07, 6.45) is 3.34. The molecule has 0 unspecified atom stereocenters. The molecule has 0 atom stereocenters. The van der Waals surface area contributed by atoms with Crippen LogP contribution in [0.1, 0.15) is 5.56 Å². The van der Waals surface area contributed by atoms with Crippen LogP contribution < -0.4 is 14.9 Å². The van der Waals surface area contributed by atoms with Crippen LogP contribution in [0.25, 0.3) is 16.3 Å². The number of sulfonamides is 1. The Morgan fingerprint density at radius 2 is 1.82 bits per heavy atom. The lowest BCUT2D eigenvalue weighted by molar-refractivity contribution is -0.385. The minimum absolute atomic E-state index is 0.0518. The number of thiophene rings is 1. The number of rotatable bonds is 10. The van der Waals surface area contributed by atoms with E-state index < -0.39 is 14.9 Å². The summed E-state index contributed by atoms with van der Waals surface area (Å²) in [7, 11) is -2.74. The molecule has 5 rings (SSSR count). The highest BCUT2D eigenvalue weighted by Crippen LogP contribution is 2.30. The summed E-state index contributed by atoms with van der Waals surface area (Å²) in [4.78, 5) is 11.3. The summed E-state index contributed by atoms with van der Waals surface area (Å²) in [6, 6.07) is 23.2. The van der Waals surface area contributed by atoms with E-state index in [1.807, 2.05) is 54.0 Å². The summed E-state index contributed by atoms with van der Waals surface area (Å²) in [5, 5.41) is 22.3. The van der Waals surface area contributed by atoms with Gasteiger partial charge < -0.3 is 4.74 Å². The van der Waals surface area contributed by atoms with Crippen molar-refractivity contribution in [3.63, 3.8) is 0 Å². The van der Waals surface area contributed by atoms with Gasteiger partial charge in [-0.15, -0.1) is 11.3 Å². The minimum Gasteiger partial charge on any atom is -0.497 e. The van der Waals surface area contributed by atoms with E-state index in [0.29, 0.717) is 17.0 Å². The predicted molar refractivity (Wildman–Crippen MR) is 155 cm³/mol. The van der Waals surface area contributed by atoms with Gasteiger partial charge >= 0.3 is 0 Å². The van der Waals surface area contributed by atoms with Crippen molar-refractivity contribution in [3.05, 3.63) is 112 Å². The lowest BCUT2D eigenvalue weighted by Crippen LogP contribution is -2.15. The zero-order chi connectivity index (χ0) is 28.1. The van der Waals surface area contributed by atoms with E-state index >= 15 is 0 Å². The molecule has 0 radical (unpaired) electrons. The molecule has 0 aliphatic rings. The van der Waals surface area contributed by atoms with Crippen LogP contribution in [0, 0.1) is 10.1 Å². The molecule has 2 heterocycles. The summed E-state index contributed by atoms with van der Waals surface area (Å²) in [5.41, 5.74) is 4.91. The van der Waals surface area contributed by atoms with Crippen molar-refractivity contribution in [2.75, 3.05) is 17.3 Å². The molecule has 0 fully saturated rings. The van der Waals surface area contributed by atoms with E-state index in [1.54, 1.807) is 16.8 Å². The maximum atomic E-state index is 13.3. The number of nitro benzene ring substituents is 1. The topological polar surface area (TPSA) is 141 Å². The normalized spacial score (nSPS) is 11.4. The minimum atomic E-state index is -4.24. The number of methoxy groups -OCH3 is 1. The number of para-hydroxylation sites is 1. The van der Waals surface area contributed by atoms with Gasteiger partial charge in [-0.25, -0.2) is 13.1 Å². The van der Waals surface area contributed by atoms with Crippen LogP contribution in [0.15, 0.2) is 107 Å². The van der Waals surface area contributed by atoms with Crippen LogP contribution in [0.3, 0.4) is 0 Å². The first-order chi connectivity index (χ1) is 19.3. The average molecular weight is 575 g/mol. The number of nitro groups is 1. The smallest absolute Gasteiger partial charge is 0.270 e. The van der Waals surface area contributed by atoms with Crippen LogP contribution in [0.2, 0.25) is 0 Å². The average Bonchev–Trinajstić information content (AvgIpc) is 3.64. The fourth-order valence-corrected chi connectivity index (χ4v) is 5.75. The molecule has 0 saturated heterocycles. The lowest BCUT2D eigenvalue weighted by atomic mass is 10.2. The largest absolute Gasteiger partial charge is 0.497 e. The number of ether oxygens (including phenoxy) is 1. The van der Waals surface area contributed by atoms with Gasteiger partial charge in [0.1, 0.15) is 16.3 Å². The van der Waals surface area contributed by atoms with Gasteiger partial charge in [-0.3, -0.25) is 20.3 Å². The zero-order valence-corrected chi connectivity index (χ0v) is 22.6. The van der Waals surface area contributed by atoms with E-state index in [4.69, 9.17) is 9.84 Å². The Labute approximate surface area is 233 Å².